The number of rotatable bonds is 12. The fraction of sp³-hybridized carbons (Fsp3) is 0.550. The highest BCUT2D eigenvalue weighted by molar-refractivity contribution is 6.31. The molecule has 0 saturated heterocycles. The number of carbonyl (C=O) groups excluding carboxylic acids is 4. The molecule has 4 amide bonds. The van der Waals surface area contributed by atoms with Gasteiger partial charge in [0.1, 0.15) is 36.5 Å². The summed E-state index contributed by atoms with van der Waals surface area (Å²) in [4.78, 5) is 62.8. The van der Waals surface area contributed by atoms with Crippen molar-refractivity contribution in [1.82, 2.24) is 35.7 Å². The molecule has 1 unspecified atom stereocenters. The normalized spacial score (nSPS) is 11.9. The Hall–Kier alpha value is -5.21. The molecule has 1 aliphatic rings. The van der Waals surface area contributed by atoms with E-state index in [1.807, 2.05) is 33.8 Å². The quantitative estimate of drug-likeness (QED) is 0.198. The zero-order valence-electron chi connectivity index (χ0n) is 34.3. The van der Waals surface area contributed by atoms with Crippen molar-refractivity contribution in [3.8, 4) is 23.7 Å². The van der Waals surface area contributed by atoms with Gasteiger partial charge in [-0.25, -0.2) is 14.6 Å². The summed E-state index contributed by atoms with van der Waals surface area (Å²) in [7, 11) is 2.47. The van der Waals surface area contributed by atoms with E-state index in [-0.39, 0.29) is 44.0 Å². The monoisotopic (exact) mass is 784 g/mol. The lowest BCUT2D eigenvalue weighted by Crippen LogP contribution is -2.45. The average Bonchev–Trinajstić information content (AvgIpc) is 3.84. The minimum absolute atomic E-state index is 0.161. The second-order valence-corrected chi connectivity index (χ2v) is 12.1. The summed E-state index contributed by atoms with van der Waals surface area (Å²) in [6.07, 6.45) is 4.24. The van der Waals surface area contributed by atoms with Gasteiger partial charge >= 0.3 is 12.2 Å². The van der Waals surface area contributed by atoms with Gasteiger partial charge in [-0.3, -0.25) is 14.6 Å². The van der Waals surface area contributed by atoms with E-state index in [2.05, 4.69) is 91.8 Å². The molecule has 1 aromatic heterocycles. The van der Waals surface area contributed by atoms with Crippen molar-refractivity contribution >= 4 is 41.4 Å². The van der Waals surface area contributed by atoms with Crippen LogP contribution >= 0.6 is 11.6 Å². The Morgan fingerprint density at radius 2 is 1.40 bits per heavy atom. The number of hydrogen-bond donors (Lipinski definition) is 4. The van der Waals surface area contributed by atoms with Crippen LogP contribution in [-0.2, 0) is 25.6 Å². The van der Waals surface area contributed by atoms with Crippen LogP contribution in [0.5, 0.6) is 0 Å². The molecule has 2 aromatic rings. The molecule has 0 radical (unpaired) electrons. The first kappa shape index (κ1) is 49.8. The maximum Gasteiger partial charge on any atom is 0.407 e. The van der Waals surface area contributed by atoms with E-state index in [1.54, 1.807) is 28.1 Å². The van der Waals surface area contributed by atoms with Gasteiger partial charge in [0.05, 0.1) is 45.1 Å². The van der Waals surface area contributed by atoms with Crippen molar-refractivity contribution < 1.29 is 28.7 Å². The molecule has 4 N–H and O–H groups in total. The van der Waals surface area contributed by atoms with Gasteiger partial charge in [-0.15, -0.1) is 0 Å². The number of imidazole rings is 1. The summed E-state index contributed by atoms with van der Waals surface area (Å²) in [6.45, 7) is 18.1. The summed E-state index contributed by atoms with van der Waals surface area (Å²) in [6, 6.07) is 5.12. The summed E-state index contributed by atoms with van der Waals surface area (Å²) in [5.74, 6) is 13.0. The largest absolute Gasteiger partial charge is 0.453 e. The smallest absolute Gasteiger partial charge is 0.407 e. The van der Waals surface area contributed by atoms with Crippen LogP contribution in [0.3, 0.4) is 0 Å². The van der Waals surface area contributed by atoms with Gasteiger partial charge in [0.2, 0.25) is 11.8 Å². The van der Waals surface area contributed by atoms with E-state index in [9.17, 15) is 19.2 Å². The van der Waals surface area contributed by atoms with Gasteiger partial charge in [-0.1, -0.05) is 97.6 Å². The van der Waals surface area contributed by atoms with Crippen LogP contribution in [-0.4, -0.2) is 109 Å². The van der Waals surface area contributed by atoms with Gasteiger partial charge in [-0.05, 0) is 37.0 Å². The molecule has 3 rings (SSSR count). The molecule has 15 heteroatoms. The van der Waals surface area contributed by atoms with E-state index in [0.717, 1.165) is 12.8 Å². The van der Waals surface area contributed by atoms with Crippen molar-refractivity contribution in [3.05, 3.63) is 52.1 Å². The van der Waals surface area contributed by atoms with E-state index >= 15 is 0 Å². The van der Waals surface area contributed by atoms with Gasteiger partial charge in [0, 0.05) is 24.2 Å². The van der Waals surface area contributed by atoms with Gasteiger partial charge in [0.15, 0.2) is 0 Å². The van der Waals surface area contributed by atoms with Crippen LogP contribution in [0.25, 0.3) is 0 Å². The number of H-pyrrole nitrogens is 1. The molecule has 0 fully saturated rings. The van der Waals surface area contributed by atoms with E-state index in [1.165, 1.54) is 27.1 Å². The Kier molecular flexibility index (Phi) is 27.3. The Bertz CT molecular complexity index is 1620. The average molecular weight is 785 g/mol. The highest BCUT2D eigenvalue weighted by atomic mass is 35.5. The number of aromatic nitrogens is 2. The molecule has 1 aromatic carbocycles. The lowest BCUT2D eigenvalue weighted by molar-refractivity contribution is -0.131. The Morgan fingerprint density at radius 1 is 0.855 bits per heavy atom. The first-order valence-corrected chi connectivity index (χ1v) is 19.2. The molecule has 0 bridgehead atoms. The molecule has 55 heavy (non-hydrogen) atoms. The molecule has 0 saturated carbocycles. The zero-order valence-corrected chi connectivity index (χ0v) is 35.0. The number of carbonyl (C=O) groups is 4. The number of ether oxygens (including phenoxy) is 2. The van der Waals surface area contributed by atoms with Crippen LogP contribution in [0.1, 0.15) is 104 Å². The molecule has 1 aliphatic heterocycles. The van der Waals surface area contributed by atoms with Gasteiger partial charge in [-0.2, -0.15) is 0 Å². The fourth-order valence-corrected chi connectivity index (χ4v) is 4.55. The molecular weight excluding hydrogens is 724 g/mol. The number of alkyl carbamates (subject to hydrolysis) is 2. The number of halogens is 1. The summed E-state index contributed by atoms with van der Waals surface area (Å²) in [5.41, 5.74) is 1.87. The fourth-order valence-electron chi connectivity index (χ4n) is 4.33. The van der Waals surface area contributed by atoms with Crippen molar-refractivity contribution in [1.29, 1.82) is 0 Å². The maximum absolute atomic E-state index is 12.5. The minimum atomic E-state index is -0.673. The van der Waals surface area contributed by atoms with Gasteiger partial charge in [0.25, 0.3) is 0 Å². The number of aromatic amines is 1. The topological polar surface area (TPSA) is 170 Å². The number of nitrogens with zero attached hydrogens (tertiary/aromatic N) is 4. The van der Waals surface area contributed by atoms with Crippen LogP contribution < -0.4 is 16.0 Å². The predicted molar refractivity (Wildman–Crippen MR) is 219 cm³/mol. The highest BCUT2D eigenvalue weighted by Gasteiger charge is 2.21. The van der Waals surface area contributed by atoms with E-state index in [0.29, 0.717) is 53.1 Å². The van der Waals surface area contributed by atoms with Crippen molar-refractivity contribution in [2.45, 2.75) is 93.7 Å². The summed E-state index contributed by atoms with van der Waals surface area (Å²) < 4.78 is 9.04. The third-order valence-electron chi connectivity index (χ3n) is 6.64. The third kappa shape index (κ3) is 20.7. The van der Waals surface area contributed by atoms with Gasteiger partial charge < -0.3 is 40.2 Å². The molecule has 304 valence electrons. The molecule has 2 heterocycles. The van der Waals surface area contributed by atoms with E-state index < -0.39 is 12.2 Å². The molecule has 1 atom stereocenters. The van der Waals surface area contributed by atoms with Crippen molar-refractivity contribution in [2.75, 3.05) is 53.5 Å². The number of aliphatic imine (C=N–C) groups is 1. The Labute approximate surface area is 332 Å². The van der Waals surface area contributed by atoms with Crippen LogP contribution in [0, 0.1) is 23.7 Å². The first-order chi connectivity index (χ1) is 26.5. The third-order valence-corrected chi connectivity index (χ3v) is 6.95. The SMILES string of the molecule is CC.CCC.CCC.CCCN(CC1=NCC(C#Cc2ccc(C#Cc3cnc(CN(CCC)C(=O)CNC(=O)OC)[nH]3)c(Cl)c2)N1)C(=O)CNC(=O)OC. The number of nitrogens with one attached hydrogen (secondary N) is 4. The van der Waals surface area contributed by atoms with Crippen LogP contribution in [0.15, 0.2) is 29.4 Å². The molecule has 14 nitrogen and oxygen atoms in total. The lowest BCUT2D eigenvalue weighted by atomic mass is 10.1. The molecule has 0 aliphatic carbocycles. The first-order valence-electron chi connectivity index (χ1n) is 18.8. The van der Waals surface area contributed by atoms with Crippen molar-refractivity contribution in [3.63, 3.8) is 0 Å². The van der Waals surface area contributed by atoms with Crippen LogP contribution in [0.4, 0.5) is 9.59 Å². The standard InChI is InChI=1S/C32H39ClN8O6.2C3H8.C2H6/c1-5-13-40(29(42)18-36-31(44)46-3)20-27-34-16-24(38-27)11-8-22-7-9-23(26(33)15-22)10-12-25-17-35-28(39-25)21-41(14-6-2)30(43)19-37-32(45)47-4;2*1-3-2;1-2/h7,9,15,17,24H,5-6,13-14,16,18-21H2,1-4H3,(H,34,38)(H,35,39)(H,36,44)(H,37,45);2*3H2,1-2H3;1-2H3. The number of methoxy groups -OCH3 is 2. The highest BCUT2D eigenvalue weighted by Crippen LogP contribution is 2.17. The minimum Gasteiger partial charge on any atom is -0.453 e. The number of amidine groups is 1. The Morgan fingerprint density at radius 3 is 1.91 bits per heavy atom. The second kappa shape index (κ2) is 30.2. The van der Waals surface area contributed by atoms with Crippen molar-refractivity contribution in [2.24, 2.45) is 4.99 Å². The second-order valence-electron chi connectivity index (χ2n) is 11.7. The number of amides is 4. The summed E-state index contributed by atoms with van der Waals surface area (Å²) >= 11 is 6.50. The number of hydrogen-bond acceptors (Lipinski definition) is 9. The summed E-state index contributed by atoms with van der Waals surface area (Å²) in [5, 5.41) is 8.49. The lowest BCUT2D eigenvalue weighted by Gasteiger charge is -2.22. The number of benzene rings is 1. The Balaban J connectivity index is 0.00000336. The predicted octanol–water partition coefficient (Wildman–Crippen LogP) is 5.73. The van der Waals surface area contributed by atoms with Crippen LogP contribution in [0.2, 0.25) is 5.02 Å². The maximum atomic E-state index is 12.5. The molecule has 0 spiro atoms. The zero-order chi connectivity index (χ0) is 41.6. The molecular formula is C40H61ClN8O6. The van der Waals surface area contributed by atoms with E-state index in [4.69, 9.17) is 11.6 Å².